The Morgan fingerprint density at radius 2 is 1.75 bits per heavy atom. The monoisotopic (exact) mass is 377 g/mol. The van der Waals surface area contributed by atoms with Crippen LogP contribution in [0.25, 0.3) is 0 Å². The highest BCUT2D eigenvalue weighted by molar-refractivity contribution is 14.1. The van der Waals surface area contributed by atoms with Crippen LogP contribution >= 0.6 is 22.6 Å². The highest BCUT2D eigenvalue weighted by Gasteiger charge is 2.30. The van der Waals surface area contributed by atoms with Crippen molar-refractivity contribution in [2.45, 2.75) is 18.9 Å². The molecule has 3 heteroatoms. The molecular formula is C17H16INO. The van der Waals surface area contributed by atoms with Crippen LogP contribution < -0.4 is 0 Å². The van der Waals surface area contributed by atoms with Gasteiger partial charge in [-0.15, -0.1) is 0 Å². The van der Waals surface area contributed by atoms with Crippen molar-refractivity contribution in [3.8, 4) is 0 Å². The molecule has 1 heterocycles. The molecule has 1 aliphatic rings. The van der Waals surface area contributed by atoms with Gasteiger partial charge in [-0.1, -0.05) is 42.5 Å². The first-order chi connectivity index (χ1) is 9.77. The van der Waals surface area contributed by atoms with Crippen LogP contribution in [0, 0.1) is 3.57 Å². The highest BCUT2D eigenvalue weighted by atomic mass is 127. The number of amides is 1. The van der Waals surface area contributed by atoms with E-state index in [2.05, 4.69) is 34.7 Å². The molecule has 20 heavy (non-hydrogen) atoms. The van der Waals surface area contributed by atoms with Gasteiger partial charge in [-0.25, -0.2) is 0 Å². The third-order valence-electron chi connectivity index (χ3n) is 3.80. The van der Waals surface area contributed by atoms with Gasteiger partial charge in [0, 0.05) is 10.1 Å². The Morgan fingerprint density at radius 3 is 2.50 bits per heavy atom. The molecule has 0 bridgehead atoms. The minimum absolute atomic E-state index is 0.154. The van der Waals surface area contributed by atoms with E-state index in [0.29, 0.717) is 0 Å². The summed E-state index contributed by atoms with van der Waals surface area (Å²) in [6.07, 6.45) is 2.13. The summed E-state index contributed by atoms with van der Waals surface area (Å²) in [5, 5.41) is 0. The summed E-state index contributed by atoms with van der Waals surface area (Å²) in [7, 11) is 0. The summed E-state index contributed by atoms with van der Waals surface area (Å²) in [5.41, 5.74) is 2.06. The standard InChI is InChI=1S/C17H16INO/c18-15-10-5-4-9-14(15)17(20)19-12-6-11-16(19)13-7-2-1-3-8-13/h1-5,7-10,16H,6,11-12H2/t16-/m1/s1. The quantitative estimate of drug-likeness (QED) is 0.716. The van der Waals surface area contributed by atoms with E-state index in [1.807, 2.05) is 47.4 Å². The first kappa shape index (κ1) is 13.6. The molecule has 0 saturated carbocycles. The maximum Gasteiger partial charge on any atom is 0.255 e. The summed E-state index contributed by atoms with van der Waals surface area (Å²) in [5.74, 6) is 0.154. The Balaban J connectivity index is 1.90. The number of likely N-dealkylation sites (tertiary alicyclic amines) is 1. The molecule has 102 valence electrons. The number of benzene rings is 2. The van der Waals surface area contributed by atoms with Crippen molar-refractivity contribution in [2.24, 2.45) is 0 Å². The molecule has 1 aliphatic heterocycles. The number of carbonyl (C=O) groups is 1. The third-order valence-corrected chi connectivity index (χ3v) is 4.74. The van der Waals surface area contributed by atoms with Gasteiger partial charge >= 0.3 is 0 Å². The topological polar surface area (TPSA) is 20.3 Å². The second-order valence-electron chi connectivity index (χ2n) is 5.05. The van der Waals surface area contributed by atoms with E-state index >= 15 is 0 Å². The van der Waals surface area contributed by atoms with Crippen LogP contribution in [-0.4, -0.2) is 17.4 Å². The van der Waals surface area contributed by atoms with E-state index < -0.39 is 0 Å². The van der Waals surface area contributed by atoms with Crippen LogP contribution in [-0.2, 0) is 0 Å². The summed E-state index contributed by atoms with van der Waals surface area (Å²) >= 11 is 2.24. The van der Waals surface area contributed by atoms with Crippen LogP contribution in [0.15, 0.2) is 54.6 Å². The number of hydrogen-bond acceptors (Lipinski definition) is 1. The molecule has 0 aliphatic carbocycles. The largest absolute Gasteiger partial charge is 0.332 e. The molecule has 0 N–H and O–H groups in total. The van der Waals surface area contributed by atoms with Gasteiger partial charge in [0.2, 0.25) is 0 Å². The second kappa shape index (κ2) is 5.95. The summed E-state index contributed by atoms with van der Waals surface area (Å²) in [4.78, 5) is 14.8. The minimum Gasteiger partial charge on any atom is -0.332 e. The zero-order chi connectivity index (χ0) is 13.9. The lowest BCUT2D eigenvalue weighted by Crippen LogP contribution is -2.31. The second-order valence-corrected chi connectivity index (χ2v) is 6.21. The SMILES string of the molecule is O=C(c1ccccc1I)N1CCC[C@@H]1c1ccccc1. The number of nitrogens with zero attached hydrogens (tertiary/aromatic N) is 1. The molecule has 1 amide bonds. The van der Waals surface area contributed by atoms with Crippen molar-refractivity contribution in [1.29, 1.82) is 0 Å². The van der Waals surface area contributed by atoms with Crippen LogP contribution in [0.3, 0.4) is 0 Å². The molecule has 2 nitrogen and oxygen atoms in total. The van der Waals surface area contributed by atoms with Gasteiger partial charge in [0.1, 0.15) is 0 Å². The van der Waals surface area contributed by atoms with Crippen molar-refractivity contribution < 1.29 is 4.79 Å². The zero-order valence-corrected chi connectivity index (χ0v) is 13.3. The highest BCUT2D eigenvalue weighted by Crippen LogP contribution is 2.33. The predicted molar refractivity (Wildman–Crippen MR) is 88.6 cm³/mol. The first-order valence-electron chi connectivity index (χ1n) is 6.88. The van der Waals surface area contributed by atoms with Crippen molar-refractivity contribution in [3.63, 3.8) is 0 Å². The lowest BCUT2D eigenvalue weighted by molar-refractivity contribution is 0.0734. The molecule has 2 aromatic carbocycles. The lowest BCUT2D eigenvalue weighted by atomic mass is 10.0. The molecule has 1 fully saturated rings. The maximum absolute atomic E-state index is 12.8. The average Bonchev–Trinajstić information content (AvgIpc) is 2.97. The van der Waals surface area contributed by atoms with E-state index in [1.165, 1.54) is 5.56 Å². The van der Waals surface area contributed by atoms with E-state index in [1.54, 1.807) is 0 Å². The number of halogens is 1. The molecule has 2 aromatic rings. The Morgan fingerprint density at radius 1 is 1.05 bits per heavy atom. The van der Waals surface area contributed by atoms with Crippen LogP contribution in [0.2, 0.25) is 0 Å². The Labute approximate surface area is 132 Å². The average molecular weight is 377 g/mol. The summed E-state index contributed by atoms with van der Waals surface area (Å²) < 4.78 is 1.02. The van der Waals surface area contributed by atoms with Gasteiger partial charge in [0.15, 0.2) is 0 Å². The minimum atomic E-state index is 0.154. The van der Waals surface area contributed by atoms with Gasteiger partial charge in [0.05, 0.1) is 11.6 Å². The van der Waals surface area contributed by atoms with Crippen molar-refractivity contribution in [1.82, 2.24) is 4.90 Å². The van der Waals surface area contributed by atoms with Gasteiger partial charge in [-0.2, -0.15) is 0 Å². The fraction of sp³-hybridized carbons (Fsp3) is 0.235. The summed E-state index contributed by atoms with van der Waals surface area (Å²) in [6, 6.07) is 18.4. The van der Waals surface area contributed by atoms with Crippen molar-refractivity contribution in [3.05, 3.63) is 69.3 Å². The lowest BCUT2D eigenvalue weighted by Gasteiger charge is -2.25. The van der Waals surface area contributed by atoms with E-state index in [9.17, 15) is 4.79 Å². The molecule has 0 spiro atoms. The molecule has 0 aromatic heterocycles. The molecule has 0 radical (unpaired) electrons. The number of hydrogen-bond donors (Lipinski definition) is 0. The first-order valence-corrected chi connectivity index (χ1v) is 7.95. The molecular weight excluding hydrogens is 361 g/mol. The fourth-order valence-electron chi connectivity index (χ4n) is 2.82. The Kier molecular flexibility index (Phi) is 4.05. The Bertz CT molecular complexity index is 611. The molecule has 1 saturated heterocycles. The molecule has 3 rings (SSSR count). The maximum atomic E-state index is 12.8. The molecule has 1 atom stereocenters. The van der Waals surface area contributed by atoms with Crippen LogP contribution in [0.1, 0.15) is 34.8 Å². The smallest absolute Gasteiger partial charge is 0.255 e. The normalized spacial score (nSPS) is 18.2. The van der Waals surface area contributed by atoms with Crippen molar-refractivity contribution >= 4 is 28.5 Å². The van der Waals surface area contributed by atoms with E-state index in [-0.39, 0.29) is 11.9 Å². The van der Waals surface area contributed by atoms with Crippen LogP contribution in [0.5, 0.6) is 0 Å². The molecule has 0 unspecified atom stereocenters. The van der Waals surface area contributed by atoms with Crippen LogP contribution in [0.4, 0.5) is 0 Å². The van der Waals surface area contributed by atoms with E-state index in [0.717, 1.165) is 28.5 Å². The number of carbonyl (C=O) groups excluding carboxylic acids is 1. The van der Waals surface area contributed by atoms with Gasteiger partial charge < -0.3 is 4.90 Å². The zero-order valence-electron chi connectivity index (χ0n) is 11.1. The van der Waals surface area contributed by atoms with E-state index in [4.69, 9.17) is 0 Å². The van der Waals surface area contributed by atoms with Crippen molar-refractivity contribution in [2.75, 3.05) is 6.54 Å². The fourth-order valence-corrected chi connectivity index (χ4v) is 3.44. The summed E-state index contributed by atoms with van der Waals surface area (Å²) in [6.45, 7) is 0.851. The Hall–Kier alpha value is -1.36. The van der Waals surface area contributed by atoms with Gasteiger partial charge in [-0.05, 0) is 53.1 Å². The number of rotatable bonds is 2. The van der Waals surface area contributed by atoms with Gasteiger partial charge in [-0.3, -0.25) is 4.79 Å². The predicted octanol–water partition coefficient (Wildman–Crippen LogP) is 4.27. The van der Waals surface area contributed by atoms with Gasteiger partial charge in [0.25, 0.3) is 5.91 Å². The third kappa shape index (κ3) is 2.59.